The fourth-order valence-corrected chi connectivity index (χ4v) is 2.94. The van der Waals surface area contributed by atoms with Crippen LogP contribution in [0, 0.1) is 11.3 Å². The van der Waals surface area contributed by atoms with Crippen LogP contribution in [0.2, 0.25) is 0 Å². The van der Waals surface area contributed by atoms with Crippen molar-refractivity contribution >= 4 is 0 Å². The third kappa shape index (κ3) is 1.46. The van der Waals surface area contributed by atoms with Gasteiger partial charge in [-0.05, 0) is 30.6 Å². The fourth-order valence-electron chi connectivity index (χ4n) is 2.94. The van der Waals surface area contributed by atoms with E-state index >= 15 is 0 Å². The van der Waals surface area contributed by atoms with Crippen molar-refractivity contribution in [2.24, 2.45) is 17.1 Å². The minimum absolute atomic E-state index is 0.0344. The largest absolute Gasteiger partial charge is 0.324 e. The predicted molar refractivity (Wildman–Crippen MR) is 52.2 cm³/mol. The summed E-state index contributed by atoms with van der Waals surface area (Å²) in [5.74, 6) is -2.11. The van der Waals surface area contributed by atoms with E-state index in [2.05, 4.69) is 13.8 Å². The number of halogens is 2. The second-order valence-electron chi connectivity index (χ2n) is 5.73. The molecular weight excluding hydrogens is 184 g/mol. The molecule has 2 saturated carbocycles. The van der Waals surface area contributed by atoms with Gasteiger partial charge in [-0.25, -0.2) is 8.78 Å². The first-order valence-corrected chi connectivity index (χ1v) is 5.44. The zero-order chi connectivity index (χ0) is 10.6. The molecule has 0 bridgehead atoms. The Bertz CT molecular complexity index is 240. The lowest BCUT2D eigenvalue weighted by Crippen LogP contribution is -2.41. The highest BCUT2D eigenvalue weighted by atomic mass is 19.3. The van der Waals surface area contributed by atoms with Crippen LogP contribution < -0.4 is 5.73 Å². The summed E-state index contributed by atoms with van der Waals surface area (Å²) < 4.78 is 25.9. The molecule has 0 amide bonds. The molecule has 0 spiro atoms. The van der Waals surface area contributed by atoms with E-state index in [4.69, 9.17) is 5.73 Å². The third-order valence-electron chi connectivity index (χ3n) is 4.32. The van der Waals surface area contributed by atoms with Gasteiger partial charge in [-0.3, -0.25) is 0 Å². The molecule has 0 aromatic rings. The van der Waals surface area contributed by atoms with Crippen molar-refractivity contribution in [1.82, 2.24) is 0 Å². The van der Waals surface area contributed by atoms with Crippen molar-refractivity contribution in [3.8, 4) is 0 Å². The molecule has 0 heterocycles. The van der Waals surface area contributed by atoms with Gasteiger partial charge in [0, 0.05) is 18.4 Å². The van der Waals surface area contributed by atoms with Crippen LogP contribution in [0.5, 0.6) is 0 Å². The van der Waals surface area contributed by atoms with Gasteiger partial charge in [-0.2, -0.15) is 0 Å². The van der Waals surface area contributed by atoms with E-state index in [9.17, 15) is 8.78 Å². The SMILES string of the molecule is CC1(C)CC1(N)C1CCC(F)(F)CC1. The Morgan fingerprint density at radius 3 is 1.93 bits per heavy atom. The summed E-state index contributed by atoms with van der Waals surface area (Å²) in [6, 6.07) is 0. The summed E-state index contributed by atoms with van der Waals surface area (Å²) in [6.45, 7) is 4.28. The van der Waals surface area contributed by atoms with Crippen molar-refractivity contribution in [1.29, 1.82) is 0 Å². The maximum atomic E-state index is 12.9. The molecule has 2 aliphatic rings. The summed E-state index contributed by atoms with van der Waals surface area (Å²) in [7, 11) is 0. The van der Waals surface area contributed by atoms with Gasteiger partial charge in [0.25, 0.3) is 0 Å². The van der Waals surface area contributed by atoms with Crippen LogP contribution in [0.15, 0.2) is 0 Å². The third-order valence-corrected chi connectivity index (χ3v) is 4.32. The first-order valence-electron chi connectivity index (χ1n) is 5.44. The van der Waals surface area contributed by atoms with Crippen LogP contribution in [-0.2, 0) is 0 Å². The molecule has 1 unspecified atom stereocenters. The molecule has 2 N–H and O–H groups in total. The topological polar surface area (TPSA) is 26.0 Å². The summed E-state index contributed by atoms with van der Waals surface area (Å²) >= 11 is 0. The van der Waals surface area contributed by atoms with Crippen LogP contribution in [0.25, 0.3) is 0 Å². The molecule has 1 atom stereocenters. The van der Waals surface area contributed by atoms with Gasteiger partial charge in [0.05, 0.1) is 0 Å². The van der Waals surface area contributed by atoms with E-state index in [0.717, 1.165) is 6.42 Å². The number of alkyl halides is 2. The van der Waals surface area contributed by atoms with E-state index in [-0.39, 0.29) is 23.8 Å². The van der Waals surface area contributed by atoms with Gasteiger partial charge in [0.15, 0.2) is 0 Å². The van der Waals surface area contributed by atoms with Gasteiger partial charge in [0.2, 0.25) is 5.92 Å². The van der Waals surface area contributed by atoms with Crippen molar-refractivity contribution < 1.29 is 8.78 Å². The van der Waals surface area contributed by atoms with Crippen LogP contribution >= 0.6 is 0 Å². The monoisotopic (exact) mass is 203 g/mol. The Labute approximate surface area is 84.0 Å². The van der Waals surface area contributed by atoms with Gasteiger partial charge in [-0.1, -0.05) is 13.8 Å². The Hall–Kier alpha value is -0.180. The standard InChI is InChI=1S/C11H19F2N/c1-9(2)7-11(9,14)8-3-5-10(12,13)6-4-8/h8H,3-7,14H2,1-2H3. The molecule has 0 aromatic carbocycles. The first-order chi connectivity index (χ1) is 6.27. The second-order valence-corrected chi connectivity index (χ2v) is 5.73. The van der Waals surface area contributed by atoms with Crippen LogP contribution in [0.3, 0.4) is 0 Å². The smallest absolute Gasteiger partial charge is 0.248 e. The Morgan fingerprint density at radius 1 is 1.14 bits per heavy atom. The van der Waals surface area contributed by atoms with E-state index < -0.39 is 5.92 Å². The van der Waals surface area contributed by atoms with Crippen LogP contribution in [0.1, 0.15) is 46.0 Å². The number of hydrogen-bond donors (Lipinski definition) is 1. The highest BCUT2D eigenvalue weighted by Crippen LogP contribution is 2.61. The molecule has 0 aliphatic heterocycles. The molecule has 82 valence electrons. The average Bonchev–Trinajstić information content (AvgIpc) is 2.51. The zero-order valence-electron chi connectivity index (χ0n) is 8.95. The van der Waals surface area contributed by atoms with Gasteiger partial charge >= 0.3 is 0 Å². The van der Waals surface area contributed by atoms with E-state index in [1.165, 1.54) is 0 Å². The normalized spacial score (nSPS) is 40.9. The van der Waals surface area contributed by atoms with Crippen LogP contribution in [0.4, 0.5) is 8.78 Å². The number of nitrogens with two attached hydrogens (primary N) is 1. The first kappa shape index (κ1) is 10.3. The molecular formula is C11H19F2N. The van der Waals surface area contributed by atoms with Crippen molar-refractivity contribution in [3.63, 3.8) is 0 Å². The van der Waals surface area contributed by atoms with Gasteiger partial charge in [0.1, 0.15) is 0 Å². The molecule has 1 nitrogen and oxygen atoms in total. The highest BCUT2D eigenvalue weighted by Gasteiger charge is 2.63. The quantitative estimate of drug-likeness (QED) is 0.696. The highest BCUT2D eigenvalue weighted by molar-refractivity contribution is 5.18. The molecule has 2 fully saturated rings. The minimum atomic E-state index is -2.42. The Morgan fingerprint density at radius 2 is 1.57 bits per heavy atom. The second kappa shape index (κ2) is 2.69. The molecule has 0 radical (unpaired) electrons. The fraction of sp³-hybridized carbons (Fsp3) is 1.00. The molecule has 3 heteroatoms. The summed E-state index contributed by atoms with van der Waals surface area (Å²) in [6.07, 6.45) is 2.27. The Kier molecular flexibility index (Phi) is 1.98. The van der Waals surface area contributed by atoms with Crippen molar-refractivity contribution in [2.75, 3.05) is 0 Å². The van der Waals surface area contributed by atoms with E-state index in [0.29, 0.717) is 18.8 Å². The van der Waals surface area contributed by atoms with E-state index in [1.807, 2.05) is 0 Å². The summed E-state index contributed by atoms with van der Waals surface area (Å²) in [4.78, 5) is 0. The van der Waals surface area contributed by atoms with Crippen molar-refractivity contribution in [2.45, 2.75) is 57.4 Å². The van der Waals surface area contributed by atoms with Crippen LogP contribution in [-0.4, -0.2) is 11.5 Å². The zero-order valence-corrected chi connectivity index (χ0v) is 8.95. The Balaban J connectivity index is 1.98. The summed E-state index contributed by atoms with van der Waals surface area (Å²) in [5, 5.41) is 0. The van der Waals surface area contributed by atoms with Gasteiger partial charge < -0.3 is 5.73 Å². The maximum absolute atomic E-state index is 12.9. The number of hydrogen-bond acceptors (Lipinski definition) is 1. The molecule has 2 rings (SSSR count). The molecule has 0 aromatic heterocycles. The van der Waals surface area contributed by atoms with Gasteiger partial charge in [-0.15, -0.1) is 0 Å². The maximum Gasteiger partial charge on any atom is 0.248 e. The minimum Gasteiger partial charge on any atom is -0.324 e. The molecule has 14 heavy (non-hydrogen) atoms. The lowest BCUT2D eigenvalue weighted by molar-refractivity contribution is -0.0508. The average molecular weight is 203 g/mol. The summed E-state index contributed by atoms with van der Waals surface area (Å²) in [5.41, 5.74) is 6.26. The predicted octanol–water partition coefficient (Wildman–Crippen LogP) is 2.94. The lowest BCUT2D eigenvalue weighted by Gasteiger charge is -2.34. The lowest BCUT2D eigenvalue weighted by atomic mass is 9.78. The number of rotatable bonds is 1. The molecule has 0 saturated heterocycles. The van der Waals surface area contributed by atoms with Crippen molar-refractivity contribution in [3.05, 3.63) is 0 Å². The molecule has 2 aliphatic carbocycles. The van der Waals surface area contributed by atoms with E-state index in [1.54, 1.807) is 0 Å².